The number of halogens is 2. The Morgan fingerprint density at radius 2 is 1.69 bits per heavy atom. The van der Waals surface area contributed by atoms with Crippen molar-refractivity contribution >= 4 is 47.4 Å². The number of aliphatic imine (C=N–C) groups is 1. The van der Waals surface area contributed by atoms with Gasteiger partial charge in [-0.3, -0.25) is 4.79 Å². The van der Waals surface area contributed by atoms with Crippen molar-refractivity contribution in [3.63, 3.8) is 0 Å². The van der Waals surface area contributed by atoms with Gasteiger partial charge in [0.25, 0.3) is 0 Å². The molecule has 0 saturated carbocycles. The number of hydrogen-bond donors (Lipinski definition) is 2. The van der Waals surface area contributed by atoms with Gasteiger partial charge in [-0.05, 0) is 17.2 Å². The molecule has 0 aliphatic rings. The van der Waals surface area contributed by atoms with E-state index in [0.29, 0.717) is 24.1 Å². The van der Waals surface area contributed by atoms with E-state index >= 15 is 0 Å². The van der Waals surface area contributed by atoms with Crippen LogP contribution >= 0.6 is 35.6 Å². The average Bonchev–Trinajstić information content (AvgIpc) is 2.62. The Morgan fingerprint density at radius 3 is 2.35 bits per heavy atom. The summed E-state index contributed by atoms with van der Waals surface area (Å²) in [5.41, 5.74) is 2.07. The van der Waals surface area contributed by atoms with Gasteiger partial charge < -0.3 is 15.5 Å². The van der Waals surface area contributed by atoms with Gasteiger partial charge in [-0.1, -0.05) is 60.1 Å². The molecule has 0 bridgehead atoms. The predicted molar refractivity (Wildman–Crippen MR) is 118 cm³/mol. The van der Waals surface area contributed by atoms with E-state index in [1.807, 2.05) is 54.6 Å². The second-order valence-electron chi connectivity index (χ2n) is 5.74. The lowest BCUT2D eigenvalue weighted by molar-refractivity contribution is -0.127. The van der Waals surface area contributed by atoms with Crippen molar-refractivity contribution < 1.29 is 4.79 Å². The van der Waals surface area contributed by atoms with Crippen LogP contribution in [-0.4, -0.2) is 37.4 Å². The third-order valence-corrected chi connectivity index (χ3v) is 3.94. The fourth-order valence-electron chi connectivity index (χ4n) is 2.07. The van der Waals surface area contributed by atoms with Crippen LogP contribution in [0.5, 0.6) is 0 Å². The Balaban J connectivity index is 0.00000338. The number of nitrogens with one attached hydrogen (secondary N) is 2. The fourth-order valence-corrected chi connectivity index (χ4v) is 2.27. The quantitative estimate of drug-likeness (QED) is 0.374. The zero-order valence-corrected chi connectivity index (χ0v) is 18.0. The molecule has 26 heavy (non-hydrogen) atoms. The van der Waals surface area contributed by atoms with Crippen LogP contribution in [0, 0.1) is 0 Å². The van der Waals surface area contributed by atoms with Crippen molar-refractivity contribution in [1.82, 2.24) is 15.5 Å². The predicted octanol–water partition coefficient (Wildman–Crippen LogP) is 3.28. The van der Waals surface area contributed by atoms with Crippen LogP contribution in [0.3, 0.4) is 0 Å². The summed E-state index contributed by atoms with van der Waals surface area (Å²) in [6.45, 7) is 1.22. The topological polar surface area (TPSA) is 56.7 Å². The van der Waals surface area contributed by atoms with E-state index in [1.54, 1.807) is 14.1 Å². The number of carbonyl (C=O) groups excluding carboxylic acids is 1. The Bertz CT molecular complexity index is 722. The van der Waals surface area contributed by atoms with E-state index in [0.717, 1.165) is 11.1 Å². The SMILES string of the molecule is CN(C)C(=O)CNC(=NCc1ccccc1)NCc1ccccc1Cl.I. The zero-order valence-electron chi connectivity index (χ0n) is 14.9. The second kappa shape index (κ2) is 11.7. The monoisotopic (exact) mass is 486 g/mol. The highest BCUT2D eigenvalue weighted by Gasteiger charge is 2.07. The molecular formula is C19H24ClIN4O. The number of likely N-dealkylation sites (N-methyl/N-ethyl adjacent to an activating group) is 1. The van der Waals surface area contributed by atoms with Crippen LogP contribution in [0.2, 0.25) is 5.02 Å². The maximum atomic E-state index is 11.8. The highest BCUT2D eigenvalue weighted by Crippen LogP contribution is 2.14. The molecule has 0 unspecified atom stereocenters. The Hall–Kier alpha value is -1.80. The lowest BCUT2D eigenvalue weighted by Crippen LogP contribution is -2.42. The first-order valence-corrected chi connectivity index (χ1v) is 8.43. The number of hydrogen-bond acceptors (Lipinski definition) is 2. The summed E-state index contributed by atoms with van der Waals surface area (Å²) in [5, 5.41) is 6.99. The molecule has 1 amide bonds. The average molecular weight is 487 g/mol. The number of rotatable bonds is 6. The van der Waals surface area contributed by atoms with E-state index in [9.17, 15) is 4.79 Å². The van der Waals surface area contributed by atoms with Crippen molar-refractivity contribution in [2.75, 3.05) is 20.6 Å². The normalized spacial score (nSPS) is 10.7. The largest absolute Gasteiger partial charge is 0.352 e. The molecule has 2 aromatic carbocycles. The van der Waals surface area contributed by atoms with Gasteiger partial charge >= 0.3 is 0 Å². The molecule has 0 radical (unpaired) electrons. The van der Waals surface area contributed by atoms with Crippen LogP contribution in [-0.2, 0) is 17.9 Å². The van der Waals surface area contributed by atoms with Crippen molar-refractivity contribution in [2.24, 2.45) is 4.99 Å². The first-order chi connectivity index (χ1) is 12.1. The van der Waals surface area contributed by atoms with Crippen molar-refractivity contribution in [2.45, 2.75) is 13.1 Å². The van der Waals surface area contributed by atoms with Crippen LogP contribution in [0.4, 0.5) is 0 Å². The summed E-state index contributed by atoms with van der Waals surface area (Å²) in [6, 6.07) is 17.6. The molecule has 0 fully saturated rings. The Morgan fingerprint density at radius 1 is 1.04 bits per heavy atom. The Kier molecular flexibility index (Phi) is 10.0. The summed E-state index contributed by atoms with van der Waals surface area (Å²) in [5.74, 6) is 0.547. The summed E-state index contributed by atoms with van der Waals surface area (Å²) >= 11 is 6.19. The first kappa shape index (κ1) is 22.2. The third-order valence-electron chi connectivity index (χ3n) is 3.57. The van der Waals surface area contributed by atoms with E-state index in [2.05, 4.69) is 15.6 Å². The summed E-state index contributed by atoms with van der Waals surface area (Å²) in [4.78, 5) is 17.9. The van der Waals surface area contributed by atoms with E-state index in [4.69, 9.17) is 11.6 Å². The minimum absolute atomic E-state index is 0. The van der Waals surface area contributed by atoms with Gasteiger partial charge in [0, 0.05) is 25.7 Å². The molecule has 2 rings (SSSR count). The van der Waals surface area contributed by atoms with Crippen LogP contribution in [0.1, 0.15) is 11.1 Å². The Labute approximate surface area is 176 Å². The maximum Gasteiger partial charge on any atom is 0.241 e. The molecule has 2 aromatic rings. The molecule has 0 heterocycles. The van der Waals surface area contributed by atoms with Crippen molar-refractivity contribution in [3.05, 3.63) is 70.7 Å². The fraction of sp³-hybridized carbons (Fsp3) is 0.263. The van der Waals surface area contributed by atoms with E-state index in [1.165, 1.54) is 4.90 Å². The van der Waals surface area contributed by atoms with Crippen molar-refractivity contribution in [1.29, 1.82) is 0 Å². The number of nitrogens with zero attached hydrogens (tertiary/aromatic N) is 2. The third kappa shape index (κ3) is 7.61. The molecule has 7 heteroatoms. The number of benzene rings is 2. The van der Waals surface area contributed by atoms with Gasteiger partial charge in [0.1, 0.15) is 0 Å². The molecular weight excluding hydrogens is 463 g/mol. The van der Waals surface area contributed by atoms with Gasteiger partial charge in [-0.25, -0.2) is 4.99 Å². The maximum absolute atomic E-state index is 11.8. The molecule has 2 N–H and O–H groups in total. The first-order valence-electron chi connectivity index (χ1n) is 8.06. The van der Waals surface area contributed by atoms with Gasteiger partial charge in [0.05, 0.1) is 13.1 Å². The molecule has 0 atom stereocenters. The van der Waals surface area contributed by atoms with E-state index < -0.39 is 0 Å². The second-order valence-corrected chi connectivity index (χ2v) is 6.14. The molecule has 0 aliphatic heterocycles. The highest BCUT2D eigenvalue weighted by molar-refractivity contribution is 14.0. The number of carbonyl (C=O) groups is 1. The van der Waals surface area contributed by atoms with Gasteiger partial charge in [0.15, 0.2) is 5.96 Å². The van der Waals surface area contributed by atoms with Crippen LogP contribution < -0.4 is 10.6 Å². The van der Waals surface area contributed by atoms with E-state index in [-0.39, 0.29) is 36.4 Å². The number of guanidine groups is 1. The number of amides is 1. The molecule has 140 valence electrons. The molecule has 0 saturated heterocycles. The minimum atomic E-state index is -0.0213. The smallest absolute Gasteiger partial charge is 0.241 e. The molecule has 0 aliphatic carbocycles. The van der Waals surface area contributed by atoms with Gasteiger partial charge in [-0.15, -0.1) is 24.0 Å². The lowest BCUT2D eigenvalue weighted by atomic mass is 10.2. The highest BCUT2D eigenvalue weighted by atomic mass is 127. The standard InChI is InChI=1S/C19H23ClN4O.HI/c1-24(2)18(25)14-23-19(21-12-15-8-4-3-5-9-15)22-13-16-10-6-7-11-17(16)20;/h3-11H,12-14H2,1-2H3,(H2,21,22,23);1H. The zero-order chi connectivity index (χ0) is 18.1. The molecule has 0 aromatic heterocycles. The summed E-state index contributed by atoms with van der Waals surface area (Å²) in [7, 11) is 3.45. The molecule has 5 nitrogen and oxygen atoms in total. The van der Waals surface area contributed by atoms with Crippen LogP contribution in [0.25, 0.3) is 0 Å². The van der Waals surface area contributed by atoms with Gasteiger partial charge in [0.2, 0.25) is 5.91 Å². The van der Waals surface area contributed by atoms with Crippen LogP contribution in [0.15, 0.2) is 59.6 Å². The van der Waals surface area contributed by atoms with Gasteiger partial charge in [-0.2, -0.15) is 0 Å². The lowest BCUT2D eigenvalue weighted by Gasteiger charge is -2.15. The minimum Gasteiger partial charge on any atom is -0.352 e. The summed E-state index contributed by atoms with van der Waals surface area (Å²) < 4.78 is 0. The van der Waals surface area contributed by atoms with Crippen molar-refractivity contribution in [3.8, 4) is 0 Å². The molecule has 0 spiro atoms. The summed E-state index contributed by atoms with van der Waals surface area (Å²) in [6.07, 6.45) is 0.